The van der Waals surface area contributed by atoms with Crippen molar-refractivity contribution < 1.29 is 37.5 Å². The molecular formula is C20H25FN6O7S. The minimum Gasteiger partial charge on any atom is -0.457 e. The Morgan fingerprint density at radius 1 is 1.09 bits per heavy atom. The molecule has 0 heterocycles. The monoisotopic (exact) mass is 512 g/mol. The molecule has 2 aromatic carbocycles. The summed E-state index contributed by atoms with van der Waals surface area (Å²) in [6, 6.07) is 7.60. The molecule has 8 N–H and O–H groups in total. The lowest BCUT2D eigenvalue weighted by Gasteiger charge is -2.23. The fourth-order valence-corrected chi connectivity index (χ4v) is 4.01. The van der Waals surface area contributed by atoms with Crippen molar-refractivity contribution in [3.05, 3.63) is 54.3 Å². The second kappa shape index (κ2) is 12.6. The lowest BCUT2D eigenvalue weighted by molar-refractivity contribution is -0.152. The number of hydrogen-bond acceptors (Lipinski definition) is 9. The average Bonchev–Trinajstić information content (AvgIpc) is 2.82. The highest BCUT2D eigenvalue weighted by Gasteiger charge is 2.31. The largest absolute Gasteiger partial charge is 0.457 e. The molecule has 190 valence electrons. The second-order valence-electron chi connectivity index (χ2n) is 7.05. The van der Waals surface area contributed by atoms with Gasteiger partial charge >= 0.3 is 6.03 Å². The molecule has 35 heavy (non-hydrogen) atoms. The average molecular weight is 513 g/mol. The van der Waals surface area contributed by atoms with Crippen molar-refractivity contribution in [2.75, 3.05) is 6.54 Å². The summed E-state index contributed by atoms with van der Waals surface area (Å²) in [7, 11) is -4.29. The van der Waals surface area contributed by atoms with Crippen LogP contribution in [0.3, 0.4) is 0 Å². The van der Waals surface area contributed by atoms with E-state index in [1.54, 1.807) is 5.32 Å². The number of urea groups is 1. The summed E-state index contributed by atoms with van der Waals surface area (Å²) in [5.41, 5.74) is 10.3. The second-order valence-corrected chi connectivity index (χ2v) is 8.76. The Kier molecular flexibility index (Phi) is 9.89. The predicted molar refractivity (Wildman–Crippen MR) is 121 cm³/mol. The van der Waals surface area contributed by atoms with Crippen LogP contribution < -0.4 is 26.2 Å². The first kappa shape index (κ1) is 27.5. The summed E-state index contributed by atoms with van der Waals surface area (Å²) in [5.74, 6) is -2.10. The number of hydrogen-bond donors (Lipinski definition) is 6. The molecule has 0 saturated heterocycles. The first-order valence-electron chi connectivity index (χ1n) is 10.1. The standard InChI is InChI=1S/C20H25FN6O7S/c21-13-4-6-14(7-5-13)34-15-8-10-16(11-9-15)35(32,33)26-17(3-1-2-12-22)18(28)27(31)20(25-30)24-19(23)29/h4-11,17,26,30-31H,1-3,12,22H2,(H3,23,24,25,29)/t17-/m1/s1. The van der Waals surface area contributed by atoms with Crippen molar-refractivity contribution >= 4 is 27.9 Å². The number of nitrogens with one attached hydrogen (secondary N) is 2. The molecule has 0 spiro atoms. The molecule has 2 aromatic rings. The number of amides is 3. The zero-order valence-corrected chi connectivity index (χ0v) is 19.1. The Labute approximate surface area is 200 Å². The van der Waals surface area contributed by atoms with Crippen molar-refractivity contribution in [1.82, 2.24) is 15.1 Å². The lowest BCUT2D eigenvalue weighted by atomic mass is 10.1. The van der Waals surface area contributed by atoms with Crippen LogP contribution in [0.15, 0.2) is 58.6 Å². The molecule has 0 aromatic heterocycles. The van der Waals surface area contributed by atoms with E-state index >= 15 is 0 Å². The summed E-state index contributed by atoms with van der Waals surface area (Å²) >= 11 is 0. The summed E-state index contributed by atoms with van der Waals surface area (Å²) in [6.45, 7) is 0.276. The van der Waals surface area contributed by atoms with Gasteiger partial charge in [0.15, 0.2) is 0 Å². The van der Waals surface area contributed by atoms with Crippen LogP contribution in [0.4, 0.5) is 9.18 Å². The molecule has 1 atom stereocenters. The first-order chi connectivity index (χ1) is 16.6. The van der Waals surface area contributed by atoms with E-state index in [4.69, 9.17) is 21.4 Å². The third kappa shape index (κ3) is 8.18. The van der Waals surface area contributed by atoms with Gasteiger partial charge in [0.05, 0.1) is 4.90 Å². The van der Waals surface area contributed by atoms with E-state index in [0.717, 1.165) is 0 Å². The maximum atomic E-state index is 13.0. The maximum absolute atomic E-state index is 13.0. The van der Waals surface area contributed by atoms with Gasteiger partial charge in [0.25, 0.3) is 11.9 Å². The molecule has 0 unspecified atom stereocenters. The maximum Gasteiger partial charge on any atom is 0.319 e. The number of sulfonamides is 1. The molecule has 0 aliphatic rings. The van der Waals surface area contributed by atoms with Crippen molar-refractivity contribution in [2.45, 2.75) is 30.2 Å². The zero-order valence-electron chi connectivity index (χ0n) is 18.3. The van der Waals surface area contributed by atoms with Gasteiger partial charge in [0.1, 0.15) is 23.4 Å². The number of primary amides is 1. The Balaban J connectivity index is 2.19. The van der Waals surface area contributed by atoms with Crippen LogP contribution in [0, 0.1) is 5.82 Å². The molecule has 0 bridgehead atoms. The Morgan fingerprint density at radius 2 is 1.66 bits per heavy atom. The molecule has 0 radical (unpaired) electrons. The number of benzene rings is 2. The molecule has 15 heteroatoms. The van der Waals surface area contributed by atoms with E-state index < -0.39 is 39.8 Å². The van der Waals surface area contributed by atoms with Crippen LogP contribution in [0.2, 0.25) is 0 Å². The van der Waals surface area contributed by atoms with E-state index in [2.05, 4.69) is 9.88 Å². The number of unbranched alkanes of at least 4 members (excludes halogenated alkanes) is 1. The number of carbonyl (C=O) groups is 2. The Hall–Kier alpha value is -3.79. The van der Waals surface area contributed by atoms with Crippen molar-refractivity contribution in [1.29, 1.82) is 0 Å². The van der Waals surface area contributed by atoms with Gasteiger partial charge in [-0.15, -0.1) is 0 Å². The Morgan fingerprint density at radius 3 is 2.17 bits per heavy atom. The number of hydroxylamine groups is 2. The van der Waals surface area contributed by atoms with Crippen LogP contribution >= 0.6 is 0 Å². The van der Waals surface area contributed by atoms with E-state index in [9.17, 15) is 27.6 Å². The minimum absolute atomic E-state index is 0.0760. The molecule has 13 nitrogen and oxygen atoms in total. The smallest absolute Gasteiger partial charge is 0.319 e. The van der Waals surface area contributed by atoms with Gasteiger partial charge in [0, 0.05) is 0 Å². The molecule has 0 aliphatic heterocycles. The molecule has 2 rings (SSSR count). The summed E-state index contributed by atoms with van der Waals surface area (Å²) in [6.07, 6.45) is 0.683. The molecule has 0 saturated carbocycles. The van der Waals surface area contributed by atoms with E-state index in [0.29, 0.717) is 18.6 Å². The predicted octanol–water partition coefficient (Wildman–Crippen LogP) is 1.03. The number of ether oxygens (including phenoxy) is 1. The normalized spacial score (nSPS) is 12.6. The van der Waals surface area contributed by atoms with Crippen LogP contribution in [0.1, 0.15) is 19.3 Å². The fourth-order valence-electron chi connectivity index (χ4n) is 2.79. The fraction of sp³-hybridized carbons (Fsp3) is 0.250. The van der Waals surface area contributed by atoms with Gasteiger partial charge in [-0.2, -0.15) is 9.79 Å². The van der Waals surface area contributed by atoms with E-state index in [1.807, 2.05) is 0 Å². The van der Waals surface area contributed by atoms with Gasteiger partial charge in [0.2, 0.25) is 10.0 Å². The minimum atomic E-state index is -4.29. The Bertz CT molecular complexity index is 1140. The van der Waals surface area contributed by atoms with Gasteiger partial charge in [-0.05, 0) is 73.1 Å². The van der Waals surface area contributed by atoms with Crippen molar-refractivity contribution in [2.24, 2.45) is 16.6 Å². The number of nitrogens with two attached hydrogens (primary N) is 2. The van der Waals surface area contributed by atoms with Crippen LogP contribution in [0.25, 0.3) is 0 Å². The quantitative estimate of drug-likeness (QED) is 0.0674. The molecule has 0 aliphatic carbocycles. The number of nitrogens with zero attached hydrogens (tertiary/aromatic N) is 2. The van der Waals surface area contributed by atoms with E-state index in [-0.39, 0.29) is 28.7 Å². The summed E-state index contributed by atoms with van der Waals surface area (Å²) in [4.78, 5) is 23.4. The van der Waals surface area contributed by atoms with Gasteiger partial charge in [-0.25, -0.2) is 17.6 Å². The first-order valence-corrected chi connectivity index (χ1v) is 11.6. The zero-order chi connectivity index (χ0) is 26.0. The number of rotatable bonds is 10. The number of halogens is 1. The van der Waals surface area contributed by atoms with Crippen molar-refractivity contribution in [3.63, 3.8) is 0 Å². The number of guanidine groups is 1. The molecule has 3 amide bonds. The highest BCUT2D eigenvalue weighted by atomic mass is 32.2. The van der Waals surface area contributed by atoms with Crippen LogP contribution in [0.5, 0.6) is 11.5 Å². The number of oxime groups is 1. The molecule has 0 fully saturated rings. The van der Waals surface area contributed by atoms with Gasteiger partial charge < -0.3 is 21.4 Å². The van der Waals surface area contributed by atoms with Gasteiger partial charge in [-0.3, -0.25) is 15.3 Å². The topological polar surface area (TPSA) is 210 Å². The van der Waals surface area contributed by atoms with Crippen LogP contribution in [-0.4, -0.2) is 54.4 Å². The van der Waals surface area contributed by atoms with Crippen LogP contribution in [-0.2, 0) is 14.8 Å². The number of carbonyl (C=O) groups excluding carboxylic acids is 2. The van der Waals surface area contributed by atoms with Gasteiger partial charge in [-0.1, -0.05) is 6.42 Å². The van der Waals surface area contributed by atoms with Crippen molar-refractivity contribution in [3.8, 4) is 11.5 Å². The summed E-state index contributed by atoms with van der Waals surface area (Å²) in [5, 5.41) is 23.0. The van der Waals surface area contributed by atoms with E-state index in [1.165, 1.54) is 48.5 Å². The highest BCUT2D eigenvalue weighted by molar-refractivity contribution is 7.89. The third-order valence-corrected chi connectivity index (χ3v) is 5.95. The highest BCUT2D eigenvalue weighted by Crippen LogP contribution is 2.23. The molecular weight excluding hydrogens is 487 g/mol. The SMILES string of the molecule is NCCCC[C@@H](NS(=O)(=O)c1ccc(Oc2ccc(F)cc2)cc1)C(=O)N(O)C(=NO)NC(N)=O. The lowest BCUT2D eigenvalue weighted by Crippen LogP contribution is -2.54. The third-order valence-electron chi connectivity index (χ3n) is 4.46. The summed E-state index contributed by atoms with van der Waals surface area (Å²) < 4.78 is 46.5.